The fourth-order valence-electron chi connectivity index (χ4n) is 1.40. The Labute approximate surface area is 105 Å². The third-order valence-corrected chi connectivity index (χ3v) is 2.93. The first-order valence-electron chi connectivity index (χ1n) is 4.95. The highest BCUT2D eigenvalue weighted by Gasteiger charge is 2.11. The fraction of sp³-hybridized carbons (Fsp3) is 0.200. The number of nitrogens with two attached hydrogens (primary N) is 1. The molecular weight excluding hydrogens is 288 g/mol. The van der Waals surface area contributed by atoms with E-state index in [0.29, 0.717) is 21.2 Å². The van der Waals surface area contributed by atoms with E-state index >= 15 is 0 Å². The second-order valence-electron chi connectivity index (χ2n) is 3.73. The van der Waals surface area contributed by atoms with Gasteiger partial charge >= 0.3 is 5.69 Å². The van der Waals surface area contributed by atoms with Crippen molar-refractivity contribution in [3.05, 3.63) is 27.1 Å². The van der Waals surface area contributed by atoms with E-state index in [4.69, 9.17) is 5.73 Å². The van der Waals surface area contributed by atoms with Gasteiger partial charge in [-0.1, -0.05) is 0 Å². The summed E-state index contributed by atoms with van der Waals surface area (Å²) in [5.74, 6) is -0.289. The van der Waals surface area contributed by atoms with Gasteiger partial charge in [0, 0.05) is 4.47 Å². The van der Waals surface area contributed by atoms with Crippen molar-refractivity contribution in [1.29, 1.82) is 0 Å². The zero-order chi connectivity index (χ0) is 12.6. The molecule has 1 atom stereocenters. The molecule has 0 saturated carbocycles. The minimum Gasteiger partial charge on any atom is -0.324 e. The van der Waals surface area contributed by atoms with Crippen LogP contribution in [0.25, 0.3) is 11.0 Å². The lowest BCUT2D eigenvalue weighted by molar-refractivity contribution is -0.117. The maximum atomic E-state index is 11.5. The first-order chi connectivity index (χ1) is 7.97. The average Bonchev–Trinajstić information content (AvgIpc) is 2.57. The maximum Gasteiger partial charge on any atom is 0.323 e. The number of fused-ring (bicyclic) bond motifs is 1. The Morgan fingerprint density at radius 2 is 2.00 bits per heavy atom. The summed E-state index contributed by atoms with van der Waals surface area (Å²) < 4.78 is 0.675. The number of aromatic nitrogens is 2. The molecular formula is C10H11BrN4O2. The van der Waals surface area contributed by atoms with Crippen LogP contribution < -0.4 is 16.7 Å². The number of hydrogen-bond acceptors (Lipinski definition) is 3. The highest BCUT2D eigenvalue weighted by Crippen LogP contribution is 2.26. The second-order valence-corrected chi connectivity index (χ2v) is 4.59. The Kier molecular flexibility index (Phi) is 3.03. The van der Waals surface area contributed by atoms with Gasteiger partial charge in [0.15, 0.2) is 0 Å². The Bertz CT molecular complexity index is 629. The van der Waals surface area contributed by atoms with Crippen molar-refractivity contribution in [2.24, 2.45) is 5.73 Å². The van der Waals surface area contributed by atoms with E-state index in [1.807, 2.05) is 0 Å². The van der Waals surface area contributed by atoms with E-state index in [-0.39, 0.29) is 11.6 Å². The van der Waals surface area contributed by atoms with Gasteiger partial charge in [0.1, 0.15) is 0 Å². The Morgan fingerprint density at radius 1 is 1.41 bits per heavy atom. The molecule has 0 aliphatic carbocycles. The zero-order valence-electron chi connectivity index (χ0n) is 9.00. The maximum absolute atomic E-state index is 11.5. The lowest BCUT2D eigenvalue weighted by atomic mass is 10.2. The van der Waals surface area contributed by atoms with E-state index in [9.17, 15) is 9.59 Å². The van der Waals surface area contributed by atoms with Crippen LogP contribution >= 0.6 is 15.9 Å². The van der Waals surface area contributed by atoms with Crippen molar-refractivity contribution < 1.29 is 4.79 Å². The molecule has 0 bridgehead atoms. The lowest BCUT2D eigenvalue weighted by Crippen LogP contribution is -2.32. The molecule has 0 spiro atoms. The van der Waals surface area contributed by atoms with Crippen molar-refractivity contribution in [1.82, 2.24) is 9.97 Å². The van der Waals surface area contributed by atoms with Gasteiger partial charge in [0.25, 0.3) is 0 Å². The Morgan fingerprint density at radius 3 is 2.59 bits per heavy atom. The van der Waals surface area contributed by atoms with Gasteiger partial charge < -0.3 is 21.0 Å². The largest absolute Gasteiger partial charge is 0.324 e. The summed E-state index contributed by atoms with van der Waals surface area (Å²) in [6, 6.07) is 2.78. The minimum absolute atomic E-state index is 0.289. The molecule has 0 aliphatic heterocycles. The SMILES string of the molecule is CC(N)C(=O)Nc1cc2[nH]c(=O)[nH]c2cc1Br. The number of H-pyrrole nitrogens is 2. The van der Waals surface area contributed by atoms with Crippen LogP contribution in [0.1, 0.15) is 6.92 Å². The summed E-state index contributed by atoms with van der Waals surface area (Å²) in [6.07, 6.45) is 0. The molecule has 0 aliphatic rings. The topological polar surface area (TPSA) is 104 Å². The number of rotatable bonds is 2. The van der Waals surface area contributed by atoms with Gasteiger partial charge in [0.05, 0.1) is 22.8 Å². The second kappa shape index (κ2) is 4.34. The first kappa shape index (κ1) is 11.9. The molecule has 90 valence electrons. The molecule has 0 saturated heterocycles. The monoisotopic (exact) mass is 298 g/mol. The predicted octanol–water partition coefficient (Wildman–Crippen LogP) is 0.904. The van der Waals surface area contributed by atoms with Gasteiger partial charge in [-0.15, -0.1) is 0 Å². The van der Waals surface area contributed by atoms with Crippen LogP contribution in [0.4, 0.5) is 5.69 Å². The van der Waals surface area contributed by atoms with Crippen LogP contribution in [0.15, 0.2) is 21.4 Å². The minimum atomic E-state index is -0.595. The molecule has 2 aromatic rings. The number of carbonyl (C=O) groups is 1. The number of nitrogens with one attached hydrogen (secondary N) is 3. The summed E-state index contributed by atoms with van der Waals surface area (Å²) in [7, 11) is 0. The standard InChI is InChI=1S/C10H11BrN4O2/c1-4(12)9(16)13-6-3-8-7(2-5(6)11)14-10(17)15-8/h2-4H,12H2,1H3,(H,13,16)(H2,14,15,17). The number of carbonyl (C=O) groups excluding carboxylic acids is 1. The number of aromatic amines is 2. The van der Waals surface area contributed by atoms with Gasteiger partial charge in [-0.3, -0.25) is 4.79 Å². The highest BCUT2D eigenvalue weighted by atomic mass is 79.9. The van der Waals surface area contributed by atoms with Crippen molar-refractivity contribution in [2.75, 3.05) is 5.32 Å². The molecule has 1 heterocycles. The quantitative estimate of drug-likeness (QED) is 0.662. The van der Waals surface area contributed by atoms with Gasteiger partial charge in [-0.05, 0) is 35.0 Å². The Hall–Kier alpha value is -1.60. The molecule has 6 nitrogen and oxygen atoms in total. The van der Waals surface area contributed by atoms with E-state index < -0.39 is 6.04 Å². The van der Waals surface area contributed by atoms with Gasteiger partial charge in [0.2, 0.25) is 5.91 Å². The first-order valence-corrected chi connectivity index (χ1v) is 5.74. The molecule has 1 unspecified atom stereocenters. The van der Waals surface area contributed by atoms with Crippen molar-refractivity contribution >= 4 is 38.6 Å². The number of anilines is 1. The summed E-state index contributed by atoms with van der Waals surface area (Å²) in [6.45, 7) is 1.60. The van der Waals surface area contributed by atoms with Gasteiger partial charge in [-0.2, -0.15) is 0 Å². The summed E-state index contributed by atoms with van der Waals surface area (Å²) in [5, 5.41) is 2.66. The van der Waals surface area contributed by atoms with Crippen LogP contribution in [0.2, 0.25) is 0 Å². The molecule has 7 heteroatoms. The van der Waals surface area contributed by atoms with Gasteiger partial charge in [-0.25, -0.2) is 4.79 Å². The normalized spacial score (nSPS) is 12.6. The summed E-state index contributed by atoms with van der Waals surface area (Å²) >= 11 is 3.31. The molecule has 1 aromatic carbocycles. The van der Waals surface area contributed by atoms with E-state index in [2.05, 4.69) is 31.2 Å². The summed E-state index contributed by atoms with van der Waals surface area (Å²) in [4.78, 5) is 27.8. The molecule has 0 fully saturated rings. The number of halogens is 1. The van der Waals surface area contributed by atoms with Crippen molar-refractivity contribution in [2.45, 2.75) is 13.0 Å². The van der Waals surface area contributed by atoms with E-state index in [0.717, 1.165) is 0 Å². The molecule has 1 amide bonds. The third-order valence-electron chi connectivity index (χ3n) is 2.28. The molecule has 1 aromatic heterocycles. The average molecular weight is 299 g/mol. The van der Waals surface area contributed by atoms with Crippen molar-refractivity contribution in [3.8, 4) is 0 Å². The summed E-state index contributed by atoms with van der Waals surface area (Å²) in [5.41, 5.74) is 7.03. The number of amides is 1. The number of imidazole rings is 1. The number of hydrogen-bond donors (Lipinski definition) is 4. The molecule has 0 radical (unpaired) electrons. The van der Waals surface area contributed by atoms with E-state index in [1.54, 1.807) is 19.1 Å². The van der Waals surface area contributed by atoms with Crippen LogP contribution in [-0.2, 0) is 4.79 Å². The molecule has 2 rings (SSSR count). The number of benzene rings is 1. The fourth-order valence-corrected chi connectivity index (χ4v) is 1.84. The molecule has 17 heavy (non-hydrogen) atoms. The van der Waals surface area contributed by atoms with E-state index in [1.165, 1.54) is 0 Å². The smallest absolute Gasteiger partial charge is 0.323 e. The van der Waals surface area contributed by atoms with Crippen LogP contribution in [-0.4, -0.2) is 21.9 Å². The zero-order valence-corrected chi connectivity index (χ0v) is 10.6. The Balaban J connectivity index is 2.43. The highest BCUT2D eigenvalue weighted by molar-refractivity contribution is 9.10. The predicted molar refractivity (Wildman–Crippen MR) is 68.9 cm³/mol. The lowest BCUT2D eigenvalue weighted by Gasteiger charge is -2.09. The third kappa shape index (κ3) is 2.40. The van der Waals surface area contributed by atoms with Crippen LogP contribution in [0, 0.1) is 0 Å². The van der Waals surface area contributed by atoms with Crippen LogP contribution in [0.3, 0.4) is 0 Å². The van der Waals surface area contributed by atoms with Crippen molar-refractivity contribution in [3.63, 3.8) is 0 Å². The van der Waals surface area contributed by atoms with Crippen LogP contribution in [0.5, 0.6) is 0 Å². The molecule has 5 N–H and O–H groups in total.